The van der Waals surface area contributed by atoms with E-state index in [0.717, 1.165) is 45.4 Å². The van der Waals surface area contributed by atoms with Gasteiger partial charge in [-0.25, -0.2) is 0 Å². The molecular formula is C14H22N4O2. The smallest absolute Gasteiger partial charge is 0.257 e. The van der Waals surface area contributed by atoms with Crippen LogP contribution in [-0.2, 0) is 7.05 Å². The third kappa shape index (κ3) is 2.58. The number of hydrogen-bond donors (Lipinski definition) is 1. The van der Waals surface area contributed by atoms with E-state index < -0.39 is 0 Å². The van der Waals surface area contributed by atoms with Crippen LogP contribution in [0.25, 0.3) is 0 Å². The fourth-order valence-electron chi connectivity index (χ4n) is 3.32. The third-order valence-corrected chi connectivity index (χ3v) is 4.47. The van der Waals surface area contributed by atoms with Crippen molar-refractivity contribution in [1.82, 2.24) is 19.6 Å². The molecule has 110 valence electrons. The van der Waals surface area contributed by atoms with Crippen LogP contribution < -0.4 is 0 Å². The minimum atomic E-state index is -0.185. The first-order valence-corrected chi connectivity index (χ1v) is 7.35. The van der Waals surface area contributed by atoms with Crippen LogP contribution in [0.3, 0.4) is 0 Å². The maximum atomic E-state index is 12.3. The SMILES string of the molecule is Cn1cc(C(=O)N2CCN(C3CCCC3O)CC2)cn1. The third-order valence-electron chi connectivity index (χ3n) is 4.47. The summed E-state index contributed by atoms with van der Waals surface area (Å²) in [6, 6.07) is 0.297. The second-order valence-electron chi connectivity index (χ2n) is 5.80. The van der Waals surface area contributed by atoms with Gasteiger partial charge in [0.05, 0.1) is 17.9 Å². The molecule has 1 amide bonds. The predicted octanol–water partition coefficient (Wildman–Crippen LogP) is 0.0913. The molecule has 0 aromatic carbocycles. The van der Waals surface area contributed by atoms with Gasteiger partial charge in [0.1, 0.15) is 0 Å². The van der Waals surface area contributed by atoms with Crippen molar-refractivity contribution in [3.05, 3.63) is 18.0 Å². The Kier molecular flexibility index (Phi) is 3.76. The molecule has 1 aliphatic carbocycles. The summed E-state index contributed by atoms with van der Waals surface area (Å²) >= 11 is 0. The van der Waals surface area contributed by atoms with E-state index in [9.17, 15) is 9.90 Å². The first-order valence-electron chi connectivity index (χ1n) is 7.35. The summed E-state index contributed by atoms with van der Waals surface area (Å²) in [5, 5.41) is 14.0. The molecule has 1 saturated heterocycles. The molecule has 6 heteroatoms. The number of aryl methyl sites for hydroxylation is 1. The Hall–Kier alpha value is -1.40. The van der Waals surface area contributed by atoms with Crippen LogP contribution in [0.1, 0.15) is 29.6 Å². The fourth-order valence-corrected chi connectivity index (χ4v) is 3.32. The molecule has 2 heterocycles. The van der Waals surface area contributed by atoms with Crippen molar-refractivity contribution in [3.8, 4) is 0 Å². The molecule has 3 rings (SSSR count). The standard InChI is InChI=1S/C14H22N4O2/c1-16-10-11(9-15-16)14(20)18-7-5-17(6-8-18)12-3-2-4-13(12)19/h9-10,12-13,19H,2-8H2,1H3. The number of aliphatic hydroxyl groups excluding tert-OH is 1. The highest BCUT2D eigenvalue weighted by Gasteiger charge is 2.33. The largest absolute Gasteiger partial charge is 0.391 e. The number of nitrogens with zero attached hydrogens (tertiary/aromatic N) is 4. The lowest BCUT2D eigenvalue weighted by Crippen LogP contribution is -2.53. The van der Waals surface area contributed by atoms with E-state index >= 15 is 0 Å². The van der Waals surface area contributed by atoms with Gasteiger partial charge >= 0.3 is 0 Å². The Morgan fingerprint density at radius 2 is 2.05 bits per heavy atom. The zero-order chi connectivity index (χ0) is 14.1. The monoisotopic (exact) mass is 278 g/mol. The van der Waals surface area contributed by atoms with Crippen LogP contribution in [-0.4, -0.2) is 68.9 Å². The van der Waals surface area contributed by atoms with Crippen molar-refractivity contribution < 1.29 is 9.90 Å². The number of carbonyl (C=O) groups excluding carboxylic acids is 1. The average molecular weight is 278 g/mol. The molecule has 6 nitrogen and oxygen atoms in total. The summed E-state index contributed by atoms with van der Waals surface area (Å²) < 4.78 is 1.65. The van der Waals surface area contributed by atoms with E-state index in [-0.39, 0.29) is 12.0 Å². The molecule has 1 aromatic rings. The number of piperazine rings is 1. The highest BCUT2D eigenvalue weighted by molar-refractivity contribution is 5.93. The van der Waals surface area contributed by atoms with Gasteiger partial charge in [-0.3, -0.25) is 14.4 Å². The lowest BCUT2D eigenvalue weighted by Gasteiger charge is -2.39. The Morgan fingerprint density at radius 1 is 1.30 bits per heavy atom. The number of hydrogen-bond acceptors (Lipinski definition) is 4. The molecule has 1 N–H and O–H groups in total. The lowest BCUT2D eigenvalue weighted by atomic mass is 10.1. The van der Waals surface area contributed by atoms with Crippen LogP contribution in [0.4, 0.5) is 0 Å². The summed E-state index contributed by atoms with van der Waals surface area (Å²) in [6.45, 7) is 3.18. The van der Waals surface area contributed by atoms with E-state index in [1.165, 1.54) is 0 Å². The quantitative estimate of drug-likeness (QED) is 0.833. The lowest BCUT2D eigenvalue weighted by molar-refractivity contribution is 0.0315. The Bertz CT molecular complexity index is 479. The summed E-state index contributed by atoms with van der Waals surface area (Å²) in [5.74, 6) is 0.0599. The van der Waals surface area contributed by atoms with E-state index in [0.29, 0.717) is 11.6 Å². The van der Waals surface area contributed by atoms with Crippen molar-refractivity contribution in [2.75, 3.05) is 26.2 Å². The highest BCUT2D eigenvalue weighted by atomic mass is 16.3. The Balaban J connectivity index is 1.57. The van der Waals surface area contributed by atoms with Crippen molar-refractivity contribution in [2.24, 2.45) is 7.05 Å². The summed E-state index contributed by atoms with van der Waals surface area (Å²) in [6.07, 6.45) is 6.30. The zero-order valence-corrected chi connectivity index (χ0v) is 11.9. The van der Waals surface area contributed by atoms with Gasteiger partial charge in [-0.1, -0.05) is 0 Å². The summed E-state index contributed by atoms with van der Waals surface area (Å²) in [4.78, 5) is 16.5. The molecule has 1 saturated carbocycles. The summed E-state index contributed by atoms with van der Waals surface area (Å²) in [7, 11) is 1.82. The average Bonchev–Trinajstić information content (AvgIpc) is 3.07. The molecule has 1 aromatic heterocycles. The van der Waals surface area contributed by atoms with Crippen LogP contribution in [0, 0.1) is 0 Å². The van der Waals surface area contributed by atoms with Gasteiger partial charge in [-0.2, -0.15) is 5.10 Å². The summed E-state index contributed by atoms with van der Waals surface area (Å²) in [5.41, 5.74) is 0.654. The molecule has 1 aliphatic heterocycles. The molecule has 2 atom stereocenters. The van der Waals surface area contributed by atoms with Crippen molar-refractivity contribution in [1.29, 1.82) is 0 Å². The van der Waals surface area contributed by atoms with Crippen LogP contribution in [0.15, 0.2) is 12.4 Å². The second-order valence-corrected chi connectivity index (χ2v) is 5.80. The maximum Gasteiger partial charge on any atom is 0.257 e. The number of amides is 1. The Morgan fingerprint density at radius 3 is 2.60 bits per heavy atom. The normalized spacial score (nSPS) is 28.0. The van der Waals surface area contributed by atoms with Crippen LogP contribution in [0.2, 0.25) is 0 Å². The van der Waals surface area contributed by atoms with Gasteiger partial charge in [-0.05, 0) is 19.3 Å². The van der Waals surface area contributed by atoms with Gasteiger partial charge in [0, 0.05) is 45.5 Å². The first kappa shape index (κ1) is 13.6. The predicted molar refractivity (Wildman–Crippen MR) is 74.3 cm³/mol. The minimum Gasteiger partial charge on any atom is -0.391 e. The molecule has 2 aliphatic rings. The van der Waals surface area contributed by atoms with E-state index in [2.05, 4.69) is 10.00 Å². The van der Waals surface area contributed by atoms with Crippen LogP contribution in [0.5, 0.6) is 0 Å². The van der Waals surface area contributed by atoms with E-state index in [1.54, 1.807) is 17.1 Å². The van der Waals surface area contributed by atoms with Gasteiger partial charge in [0.25, 0.3) is 5.91 Å². The topological polar surface area (TPSA) is 61.6 Å². The molecule has 2 fully saturated rings. The number of aliphatic hydroxyl groups is 1. The van der Waals surface area contributed by atoms with E-state index in [4.69, 9.17) is 0 Å². The Labute approximate surface area is 119 Å². The highest BCUT2D eigenvalue weighted by Crippen LogP contribution is 2.25. The molecule has 20 heavy (non-hydrogen) atoms. The number of aromatic nitrogens is 2. The fraction of sp³-hybridized carbons (Fsp3) is 0.714. The van der Waals surface area contributed by atoms with Crippen molar-refractivity contribution in [3.63, 3.8) is 0 Å². The molecule has 0 spiro atoms. The second kappa shape index (κ2) is 5.54. The van der Waals surface area contributed by atoms with Gasteiger partial charge < -0.3 is 10.0 Å². The van der Waals surface area contributed by atoms with Gasteiger partial charge in [0.15, 0.2) is 0 Å². The van der Waals surface area contributed by atoms with Gasteiger partial charge in [-0.15, -0.1) is 0 Å². The molecule has 2 unspecified atom stereocenters. The van der Waals surface area contributed by atoms with E-state index in [1.807, 2.05) is 11.9 Å². The number of carbonyl (C=O) groups is 1. The minimum absolute atomic E-state index is 0.0599. The molecular weight excluding hydrogens is 256 g/mol. The first-order chi connectivity index (χ1) is 9.65. The maximum absolute atomic E-state index is 12.3. The molecule has 0 radical (unpaired) electrons. The van der Waals surface area contributed by atoms with Crippen molar-refractivity contribution >= 4 is 5.91 Å². The number of rotatable bonds is 2. The van der Waals surface area contributed by atoms with Crippen LogP contribution >= 0.6 is 0 Å². The van der Waals surface area contributed by atoms with Gasteiger partial charge in [0.2, 0.25) is 0 Å². The zero-order valence-electron chi connectivity index (χ0n) is 11.9. The molecule has 0 bridgehead atoms. The van der Waals surface area contributed by atoms with Crippen molar-refractivity contribution in [2.45, 2.75) is 31.4 Å².